The molecular weight excluding hydrogens is 370 g/mol. The van der Waals surface area contributed by atoms with Crippen molar-refractivity contribution in [2.45, 2.75) is 53.7 Å². The van der Waals surface area contributed by atoms with Crippen LogP contribution in [0.3, 0.4) is 0 Å². The van der Waals surface area contributed by atoms with E-state index in [1.165, 1.54) is 0 Å². The number of H-pyrrole nitrogens is 1. The quantitative estimate of drug-likeness (QED) is 0.586. The second kappa shape index (κ2) is 9.60. The van der Waals surface area contributed by atoms with Crippen LogP contribution in [0.2, 0.25) is 0 Å². The van der Waals surface area contributed by atoms with E-state index < -0.39 is 24.6 Å². The number of aryl methyl sites for hydroxylation is 1. The van der Waals surface area contributed by atoms with Gasteiger partial charge in [-0.2, -0.15) is 0 Å². The largest absolute Gasteiger partial charge is 0.451 e. The minimum Gasteiger partial charge on any atom is -0.451 e. The summed E-state index contributed by atoms with van der Waals surface area (Å²) in [6.45, 7) is 12.0. The van der Waals surface area contributed by atoms with Gasteiger partial charge in [0.1, 0.15) is 5.69 Å². The van der Waals surface area contributed by atoms with E-state index in [4.69, 9.17) is 4.74 Å². The van der Waals surface area contributed by atoms with E-state index in [1.807, 2.05) is 24.3 Å². The summed E-state index contributed by atoms with van der Waals surface area (Å²) in [5, 5.41) is 12.5. The Hall–Kier alpha value is -2.80. The van der Waals surface area contributed by atoms with Crippen LogP contribution in [-0.2, 0) is 9.53 Å². The smallest absolute Gasteiger partial charge is 0.355 e. The Labute approximate surface area is 172 Å². The number of aromatic nitrogens is 1. The molecule has 0 saturated heterocycles. The number of ether oxygens (including phenoxy) is 1. The van der Waals surface area contributed by atoms with Crippen LogP contribution in [-0.4, -0.2) is 41.2 Å². The van der Waals surface area contributed by atoms with Gasteiger partial charge in [0, 0.05) is 35.2 Å². The SMILES string of the molecule is CCN(c1ccc(NC(=O)COC(=O)c2[nH]c(C)c([C@@H](C)O)c2C)cc1)C(C)C. The lowest BCUT2D eigenvalue weighted by Gasteiger charge is -2.27. The normalized spacial score (nSPS) is 12.0. The van der Waals surface area contributed by atoms with Gasteiger partial charge in [-0.15, -0.1) is 0 Å². The number of amides is 1. The van der Waals surface area contributed by atoms with Crippen molar-refractivity contribution in [3.63, 3.8) is 0 Å². The molecule has 2 rings (SSSR count). The highest BCUT2D eigenvalue weighted by molar-refractivity contribution is 5.95. The molecule has 0 radical (unpaired) electrons. The van der Waals surface area contributed by atoms with Crippen molar-refractivity contribution in [2.24, 2.45) is 0 Å². The Morgan fingerprint density at radius 3 is 2.28 bits per heavy atom. The van der Waals surface area contributed by atoms with Gasteiger partial charge in [-0.1, -0.05) is 0 Å². The second-order valence-corrected chi connectivity index (χ2v) is 7.39. The zero-order chi connectivity index (χ0) is 21.7. The summed E-state index contributed by atoms with van der Waals surface area (Å²) in [6.07, 6.45) is -0.696. The van der Waals surface area contributed by atoms with Crippen molar-refractivity contribution in [3.05, 3.63) is 46.8 Å². The molecule has 1 aromatic heterocycles. The molecule has 0 bridgehead atoms. The topological polar surface area (TPSA) is 94.7 Å². The minimum absolute atomic E-state index is 0.254. The molecule has 29 heavy (non-hydrogen) atoms. The van der Waals surface area contributed by atoms with Crippen LogP contribution < -0.4 is 10.2 Å². The molecule has 0 aliphatic heterocycles. The van der Waals surface area contributed by atoms with Crippen LogP contribution in [0.4, 0.5) is 11.4 Å². The fourth-order valence-electron chi connectivity index (χ4n) is 3.58. The number of rotatable bonds is 8. The fourth-order valence-corrected chi connectivity index (χ4v) is 3.58. The molecule has 0 unspecified atom stereocenters. The Kier molecular flexibility index (Phi) is 7.45. The number of benzene rings is 1. The van der Waals surface area contributed by atoms with Crippen molar-refractivity contribution in [1.82, 2.24) is 4.98 Å². The molecular formula is C22H31N3O4. The first-order valence-corrected chi connectivity index (χ1v) is 9.86. The molecule has 7 nitrogen and oxygen atoms in total. The zero-order valence-electron chi connectivity index (χ0n) is 18.0. The lowest BCUT2D eigenvalue weighted by atomic mass is 10.1. The molecule has 0 saturated carbocycles. The highest BCUT2D eigenvalue weighted by Gasteiger charge is 2.21. The average Bonchev–Trinajstić information content (AvgIpc) is 2.96. The standard InChI is InChI=1S/C22H31N3O4/c1-7-25(13(2)3)18-10-8-17(9-11-18)24-19(27)12-29-22(28)21-14(4)20(16(6)26)15(5)23-21/h8-11,13,16,23,26H,7,12H2,1-6H3,(H,24,27)/t16-/m1/s1. The summed E-state index contributed by atoms with van der Waals surface area (Å²) >= 11 is 0. The van der Waals surface area contributed by atoms with Crippen LogP contribution in [0.1, 0.15) is 61.1 Å². The van der Waals surface area contributed by atoms with E-state index in [2.05, 4.69) is 36.0 Å². The van der Waals surface area contributed by atoms with Gasteiger partial charge in [-0.3, -0.25) is 4.79 Å². The van der Waals surface area contributed by atoms with E-state index in [0.29, 0.717) is 28.6 Å². The van der Waals surface area contributed by atoms with Gasteiger partial charge in [0.05, 0.1) is 6.10 Å². The van der Waals surface area contributed by atoms with E-state index in [1.54, 1.807) is 20.8 Å². The van der Waals surface area contributed by atoms with Crippen LogP contribution in [0.15, 0.2) is 24.3 Å². The van der Waals surface area contributed by atoms with Gasteiger partial charge in [0.15, 0.2) is 6.61 Å². The summed E-state index contributed by atoms with van der Waals surface area (Å²) < 4.78 is 5.13. The third-order valence-electron chi connectivity index (χ3n) is 4.90. The number of hydrogen-bond donors (Lipinski definition) is 3. The number of aromatic amines is 1. The summed E-state index contributed by atoms with van der Waals surface area (Å²) in [5.41, 5.74) is 3.98. The molecule has 7 heteroatoms. The lowest BCUT2D eigenvalue weighted by Crippen LogP contribution is -2.30. The van der Waals surface area contributed by atoms with E-state index in [9.17, 15) is 14.7 Å². The molecule has 3 N–H and O–H groups in total. The number of hydrogen-bond acceptors (Lipinski definition) is 5. The number of nitrogens with zero attached hydrogens (tertiary/aromatic N) is 1. The van der Waals surface area contributed by atoms with Crippen LogP contribution >= 0.6 is 0 Å². The molecule has 0 aliphatic rings. The molecule has 1 atom stereocenters. The average molecular weight is 402 g/mol. The Bertz CT molecular complexity index is 854. The van der Waals surface area contributed by atoms with Gasteiger partial charge >= 0.3 is 5.97 Å². The maximum atomic E-state index is 12.3. The molecule has 0 aliphatic carbocycles. The van der Waals surface area contributed by atoms with Crippen LogP contribution in [0, 0.1) is 13.8 Å². The minimum atomic E-state index is -0.696. The molecule has 2 aromatic rings. The van der Waals surface area contributed by atoms with Crippen LogP contribution in [0.5, 0.6) is 0 Å². The number of carbonyl (C=O) groups is 2. The third-order valence-corrected chi connectivity index (χ3v) is 4.90. The molecule has 0 fully saturated rings. The fraction of sp³-hybridized carbons (Fsp3) is 0.455. The predicted molar refractivity (Wildman–Crippen MR) is 114 cm³/mol. The van der Waals surface area contributed by atoms with Gasteiger partial charge in [0.25, 0.3) is 5.91 Å². The monoisotopic (exact) mass is 401 g/mol. The van der Waals surface area contributed by atoms with Crippen molar-refractivity contribution < 1.29 is 19.4 Å². The van der Waals surface area contributed by atoms with Crippen LogP contribution in [0.25, 0.3) is 0 Å². The zero-order valence-corrected chi connectivity index (χ0v) is 18.0. The number of carbonyl (C=O) groups excluding carboxylic acids is 2. The number of nitrogens with one attached hydrogen (secondary N) is 2. The maximum absolute atomic E-state index is 12.3. The predicted octanol–water partition coefficient (Wildman–Crippen LogP) is 3.72. The number of aliphatic hydroxyl groups is 1. The molecule has 1 amide bonds. The number of anilines is 2. The van der Waals surface area contributed by atoms with Crippen molar-refractivity contribution >= 4 is 23.3 Å². The van der Waals surface area contributed by atoms with Crippen molar-refractivity contribution in [2.75, 3.05) is 23.4 Å². The third kappa shape index (κ3) is 5.38. The number of esters is 1. The van der Waals surface area contributed by atoms with E-state index >= 15 is 0 Å². The lowest BCUT2D eigenvalue weighted by molar-refractivity contribution is -0.119. The molecule has 1 heterocycles. The Morgan fingerprint density at radius 1 is 1.17 bits per heavy atom. The Morgan fingerprint density at radius 2 is 1.79 bits per heavy atom. The van der Waals surface area contributed by atoms with Crippen molar-refractivity contribution in [1.29, 1.82) is 0 Å². The van der Waals surface area contributed by atoms with Gasteiger partial charge < -0.3 is 25.0 Å². The van der Waals surface area contributed by atoms with Gasteiger partial charge in [-0.25, -0.2) is 4.79 Å². The Balaban J connectivity index is 1.95. The molecule has 158 valence electrons. The summed E-state index contributed by atoms with van der Waals surface area (Å²) in [6, 6.07) is 7.94. The molecule has 0 spiro atoms. The van der Waals surface area contributed by atoms with Gasteiger partial charge in [-0.05, 0) is 71.4 Å². The molecule has 1 aromatic carbocycles. The highest BCUT2D eigenvalue weighted by Crippen LogP contribution is 2.25. The first kappa shape index (κ1) is 22.5. The summed E-state index contributed by atoms with van der Waals surface area (Å²) in [5.74, 6) is -1.04. The highest BCUT2D eigenvalue weighted by atomic mass is 16.5. The second-order valence-electron chi connectivity index (χ2n) is 7.39. The maximum Gasteiger partial charge on any atom is 0.355 e. The first-order chi connectivity index (χ1) is 13.6. The first-order valence-electron chi connectivity index (χ1n) is 9.86. The summed E-state index contributed by atoms with van der Waals surface area (Å²) in [4.78, 5) is 29.6. The summed E-state index contributed by atoms with van der Waals surface area (Å²) in [7, 11) is 0. The van der Waals surface area contributed by atoms with E-state index in [-0.39, 0.29) is 5.69 Å². The van der Waals surface area contributed by atoms with E-state index in [0.717, 1.165) is 12.2 Å². The van der Waals surface area contributed by atoms with Crippen molar-refractivity contribution in [3.8, 4) is 0 Å². The number of aliphatic hydroxyl groups excluding tert-OH is 1. The van der Waals surface area contributed by atoms with Gasteiger partial charge in [0.2, 0.25) is 0 Å².